The molecule has 50 valence electrons. The van der Waals surface area contributed by atoms with Gasteiger partial charge >= 0.3 is 0 Å². The molecule has 2 heteroatoms. The lowest BCUT2D eigenvalue weighted by molar-refractivity contribution is 1.39. The lowest BCUT2D eigenvalue weighted by atomic mass is 10.3. The molecular weight excluding hydrogens is 178 g/mol. The van der Waals surface area contributed by atoms with Gasteiger partial charge in [0, 0.05) is 0 Å². The molecule has 0 aromatic carbocycles. The summed E-state index contributed by atoms with van der Waals surface area (Å²) in [5.74, 6) is 0. The van der Waals surface area contributed by atoms with Gasteiger partial charge in [-0.3, -0.25) is 4.99 Å². The first-order valence-corrected chi connectivity index (χ1v) is 3.43. The second-order valence-electron chi connectivity index (χ2n) is 1.89. The van der Waals surface area contributed by atoms with Gasteiger partial charge in [0.05, 0.1) is 0 Å². The maximum atomic E-state index is 3.64. The van der Waals surface area contributed by atoms with Crippen molar-refractivity contribution in [1.29, 1.82) is 0 Å². The molecule has 0 atom stereocenters. The molecule has 0 saturated heterocycles. The molecule has 0 N–H and O–H groups in total. The van der Waals surface area contributed by atoms with Crippen LogP contribution in [-0.4, -0.2) is 6.72 Å². The SMILES string of the molecule is C=N/C(Br)=C\C=C(C)C. The smallest absolute Gasteiger partial charge is 0.105 e. The third-order valence-electron chi connectivity index (χ3n) is 0.705. The second kappa shape index (κ2) is 4.50. The molecule has 0 aliphatic carbocycles. The Morgan fingerprint density at radius 1 is 1.44 bits per heavy atom. The number of rotatable bonds is 2. The molecule has 0 aromatic rings. The summed E-state index contributed by atoms with van der Waals surface area (Å²) in [4.78, 5) is 3.64. The fourth-order valence-electron chi connectivity index (χ4n) is 0.288. The molecule has 0 fully saturated rings. The van der Waals surface area contributed by atoms with E-state index >= 15 is 0 Å². The van der Waals surface area contributed by atoms with Gasteiger partial charge in [0.15, 0.2) is 0 Å². The predicted octanol–water partition coefficient (Wildman–Crippen LogP) is 2.89. The summed E-state index contributed by atoms with van der Waals surface area (Å²) in [5.41, 5.74) is 1.25. The summed E-state index contributed by atoms with van der Waals surface area (Å²) in [7, 11) is 0. The Balaban J connectivity index is 3.98. The number of nitrogens with zero attached hydrogens (tertiary/aromatic N) is 1. The minimum Gasteiger partial charge on any atom is -0.257 e. The predicted molar refractivity (Wildman–Crippen MR) is 46.0 cm³/mol. The van der Waals surface area contributed by atoms with Crippen molar-refractivity contribution >= 4 is 22.6 Å². The fourth-order valence-corrected chi connectivity index (χ4v) is 0.420. The summed E-state index contributed by atoms with van der Waals surface area (Å²) in [5, 5.41) is 0. The van der Waals surface area contributed by atoms with E-state index in [2.05, 4.69) is 27.6 Å². The van der Waals surface area contributed by atoms with Crippen LogP contribution in [0.15, 0.2) is 27.3 Å². The molecule has 0 heterocycles. The van der Waals surface area contributed by atoms with Crippen molar-refractivity contribution in [2.24, 2.45) is 4.99 Å². The standard InChI is InChI=1S/C7H10BrN/c1-6(2)4-5-7(8)9-3/h4-5H,3H2,1-2H3/b7-5-. The number of hydrogen-bond donors (Lipinski definition) is 0. The van der Waals surface area contributed by atoms with Gasteiger partial charge in [-0.25, -0.2) is 0 Å². The molecule has 0 aliphatic heterocycles. The number of allylic oxidation sites excluding steroid dienone is 3. The van der Waals surface area contributed by atoms with Crippen LogP contribution in [0.1, 0.15) is 13.8 Å². The van der Waals surface area contributed by atoms with E-state index in [0.717, 1.165) is 4.61 Å². The Morgan fingerprint density at radius 2 is 2.00 bits per heavy atom. The first-order chi connectivity index (χ1) is 4.16. The van der Waals surface area contributed by atoms with Crippen molar-refractivity contribution in [3.63, 3.8) is 0 Å². The molecule has 0 saturated carbocycles. The zero-order valence-corrected chi connectivity index (χ0v) is 7.27. The Labute approximate surface area is 64.3 Å². The topological polar surface area (TPSA) is 12.4 Å². The van der Waals surface area contributed by atoms with E-state index in [0.29, 0.717) is 0 Å². The minimum absolute atomic E-state index is 0.767. The lowest BCUT2D eigenvalue weighted by Crippen LogP contribution is -1.61. The van der Waals surface area contributed by atoms with Crippen LogP contribution in [0.25, 0.3) is 0 Å². The molecule has 0 spiro atoms. The maximum Gasteiger partial charge on any atom is 0.105 e. The number of halogens is 1. The van der Waals surface area contributed by atoms with Gasteiger partial charge in [0.2, 0.25) is 0 Å². The van der Waals surface area contributed by atoms with Crippen LogP contribution in [0.4, 0.5) is 0 Å². The van der Waals surface area contributed by atoms with Gasteiger partial charge in [-0.05, 0) is 42.6 Å². The number of hydrogen-bond acceptors (Lipinski definition) is 1. The summed E-state index contributed by atoms with van der Waals surface area (Å²) in [6.07, 6.45) is 3.83. The molecule has 0 amide bonds. The van der Waals surface area contributed by atoms with Crippen molar-refractivity contribution in [2.45, 2.75) is 13.8 Å². The minimum atomic E-state index is 0.767. The van der Waals surface area contributed by atoms with Crippen LogP contribution in [0.3, 0.4) is 0 Å². The monoisotopic (exact) mass is 187 g/mol. The fraction of sp³-hybridized carbons (Fsp3) is 0.286. The van der Waals surface area contributed by atoms with Crippen molar-refractivity contribution in [1.82, 2.24) is 0 Å². The molecular formula is C7H10BrN. The van der Waals surface area contributed by atoms with E-state index in [9.17, 15) is 0 Å². The van der Waals surface area contributed by atoms with E-state index in [1.165, 1.54) is 5.57 Å². The Bertz CT molecular complexity index is 152. The molecule has 0 bridgehead atoms. The van der Waals surface area contributed by atoms with Crippen molar-refractivity contribution < 1.29 is 0 Å². The van der Waals surface area contributed by atoms with E-state index < -0.39 is 0 Å². The van der Waals surface area contributed by atoms with Crippen LogP contribution >= 0.6 is 15.9 Å². The van der Waals surface area contributed by atoms with E-state index in [4.69, 9.17) is 0 Å². The van der Waals surface area contributed by atoms with E-state index in [1.807, 2.05) is 26.0 Å². The van der Waals surface area contributed by atoms with Gasteiger partial charge in [0.1, 0.15) is 4.61 Å². The first-order valence-electron chi connectivity index (χ1n) is 2.64. The number of aliphatic imine (C=N–C) groups is 1. The van der Waals surface area contributed by atoms with Crippen molar-refractivity contribution in [2.75, 3.05) is 0 Å². The van der Waals surface area contributed by atoms with Crippen LogP contribution < -0.4 is 0 Å². The highest BCUT2D eigenvalue weighted by atomic mass is 79.9. The highest BCUT2D eigenvalue weighted by molar-refractivity contribution is 9.11. The molecule has 0 unspecified atom stereocenters. The third-order valence-corrected chi connectivity index (χ3v) is 1.22. The normalized spacial score (nSPS) is 10.8. The van der Waals surface area contributed by atoms with Crippen molar-refractivity contribution in [3.8, 4) is 0 Å². The molecule has 0 aromatic heterocycles. The molecule has 0 aliphatic rings. The zero-order chi connectivity index (χ0) is 7.28. The third kappa shape index (κ3) is 5.50. The largest absolute Gasteiger partial charge is 0.257 e. The summed E-state index contributed by atoms with van der Waals surface area (Å²) >= 11 is 3.19. The van der Waals surface area contributed by atoms with Gasteiger partial charge in [-0.2, -0.15) is 0 Å². The van der Waals surface area contributed by atoms with Crippen molar-refractivity contribution in [3.05, 3.63) is 22.3 Å². The molecule has 0 radical (unpaired) electrons. The average molecular weight is 188 g/mol. The van der Waals surface area contributed by atoms with E-state index in [-0.39, 0.29) is 0 Å². The Kier molecular flexibility index (Phi) is 4.32. The summed E-state index contributed by atoms with van der Waals surface area (Å²) in [6.45, 7) is 7.40. The van der Waals surface area contributed by atoms with Crippen LogP contribution in [0.2, 0.25) is 0 Å². The first kappa shape index (κ1) is 8.63. The summed E-state index contributed by atoms with van der Waals surface area (Å²) in [6, 6.07) is 0. The van der Waals surface area contributed by atoms with Crippen LogP contribution in [0.5, 0.6) is 0 Å². The molecule has 1 nitrogen and oxygen atoms in total. The highest BCUT2D eigenvalue weighted by Crippen LogP contribution is 2.05. The average Bonchev–Trinajstić information content (AvgIpc) is 1.83. The second-order valence-corrected chi connectivity index (χ2v) is 2.70. The van der Waals surface area contributed by atoms with E-state index in [1.54, 1.807) is 0 Å². The Hall–Kier alpha value is -0.370. The van der Waals surface area contributed by atoms with Gasteiger partial charge in [0.25, 0.3) is 0 Å². The van der Waals surface area contributed by atoms with Gasteiger partial charge in [-0.1, -0.05) is 11.6 Å². The highest BCUT2D eigenvalue weighted by Gasteiger charge is 1.77. The quantitative estimate of drug-likeness (QED) is 0.359. The van der Waals surface area contributed by atoms with Gasteiger partial charge in [-0.15, -0.1) is 0 Å². The zero-order valence-electron chi connectivity index (χ0n) is 5.69. The summed E-state index contributed by atoms with van der Waals surface area (Å²) < 4.78 is 0.767. The van der Waals surface area contributed by atoms with Crippen LogP contribution in [0, 0.1) is 0 Å². The molecule has 9 heavy (non-hydrogen) atoms. The Morgan fingerprint density at radius 3 is 2.33 bits per heavy atom. The van der Waals surface area contributed by atoms with Gasteiger partial charge < -0.3 is 0 Å². The maximum absolute atomic E-state index is 3.64. The molecule has 0 rings (SSSR count). The lowest BCUT2D eigenvalue weighted by Gasteiger charge is -1.83. The van der Waals surface area contributed by atoms with Crippen LogP contribution in [-0.2, 0) is 0 Å².